The van der Waals surface area contributed by atoms with Gasteiger partial charge in [0.2, 0.25) is 0 Å². The predicted molar refractivity (Wildman–Crippen MR) is 49.7 cm³/mol. The Kier molecular flexibility index (Phi) is 3.98. The molecule has 14 heavy (non-hydrogen) atoms. The topological polar surface area (TPSA) is 46.2 Å². The van der Waals surface area contributed by atoms with Gasteiger partial charge in [-0.2, -0.15) is 0 Å². The van der Waals surface area contributed by atoms with Crippen molar-refractivity contribution in [3.8, 4) is 0 Å². The van der Waals surface area contributed by atoms with Gasteiger partial charge in [0, 0.05) is 6.54 Å². The van der Waals surface area contributed by atoms with E-state index in [1.54, 1.807) is 0 Å². The number of hydrogen-bond acceptors (Lipinski definition) is 2. The number of aliphatic hydroxyl groups is 1. The van der Waals surface area contributed by atoms with Gasteiger partial charge in [-0.3, -0.25) is 0 Å². The molecule has 2 nitrogen and oxygen atoms in total. The quantitative estimate of drug-likeness (QED) is 0.769. The minimum Gasteiger partial charge on any atom is -0.392 e. The molecule has 0 amide bonds. The molecule has 1 aromatic carbocycles. The molecule has 3 N–H and O–H groups in total. The first-order valence-corrected chi connectivity index (χ1v) is 4.45. The molecule has 0 aliphatic rings. The zero-order valence-electron chi connectivity index (χ0n) is 7.71. The Balaban J connectivity index is 2.55. The largest absolute Gasteiger partial charge is 0.392 e. The van der Waals surface area contributed by atoms with Gasteiger partial charge < -0.3 is 10.8 Å². The molecule has 0 radical (unpaired) electrons. The van der Waals surface area contributed by atoms with Crippen molar-refractivity contribution in [1.29, 1.82) is 0 Å². The number of halogens is 2. The van der Waals surface area contributed by atoms with E-state index in [2.05, 4.69) is 0 Å². The fourth-order valence-electron chi connectivity index (χ4n) is 1.15. The van der Waals surface area contributed by atoms with E-state index in [1.807, 2.05) is 0 Å². The number of nitrogens with two attached hydrogens (primary N) is 1. The zero-order valence-corrected chi connectivity index (χ0v) is 7.71. The Morgan fingerprint density at radius 2 is 2.00 bits per heavy atom. The predicted octanol–water partition coefficient (Wildman–Crippen LogP) is 1.22. The summed E-state index contributed by atoms with van der Waals surface area (Å²) in [5.41, 5.74) is 5.87. The highest BCUT2D eigenvalue weighted by Crippen LogP contribution is 2.11. The van der Waals surface area contributed by atoms with Crippen molar-refractivity contribution < 1.29 is 13.9 Å². The van der Waals surface area contributed by atoms with Crippen LogP contribution in [0.15, 0.2) is 18.2 Å². The maximum absolute atomic E-state index is 12.7. The third-order valence-electron chi connectivity index (χ3n) is 2.02. The summed E-state index contributed by atoms with van der Waals surface area (Å²) in [4.78, 5) is 0. The summed E-state index contributed by atoms with van der Waals surface area (Å²) in [6.07, 6.45) is 0.375. The van der Waals surface area contributed by atoms with E-state index in [9.17, 15) is 8.78 Å². The lowest BCUT2D eigenvalue weighted by Gasteiger charge is -2.07. The summed E-state index contributed by atoms with van der Waals surface area (Å²) in [5.74, 6) is -1.71. The van der Waals surface area contributed by atoms with Crippen LogP contribution in [0.1, 0.15) is 12.0 Å². The molecule has 1 atom stereocenters. The summed E-state index contributed by atoms with van der Waals surface area (Å²) in [6.45, 7) is 0.184. The van der Waals surface area contributed by atoms with Crippen LogP contribution < -0.4 is 5.73 Å². The van der Waals surface area contributed by atoms with Crippen molar-refractivity contribution in [2.24, 2.45) is 5.73 Å². The van der Waals surface area contributed by atoms with Gasteiger partial charge in [-0.05, 0) is 30.5 Å². The number of hydrogen-bond donors (Lipinski definition) is 2. The van der Waals surface area contributed by atoms with Gasteiger partial charge in [0.15, 0.2) is 11.6 Å². The van der Waals surface area contributed by atoms with Gasteiger partial charge in [-0.1, -0.05) is 6.07 Å². The molecule has 0 bridgehead atoms. The molecule has 78 valence electrons. The Labute approximate surface area is 81.4 Å². The molecule has 0 aliphatic carbocycles. The number of aliphatic hydroxyl groups excluding tert-OH is 1. The highest BCUT2D eigenvalue weighted by atomic mass is 19.2. The third-order valence-corrected chi connectivity index (χ3v) is 2.02. The zero-order chi connectivity index (χ0) is 10.6. The van der Waals surface area contributed by atoms with Crippen LogP contribution in [0.25, 0.3) is 0 Å². The number of rotatable bonds is 4. The SMILES string of the molecule is NCC(O)CCc1ccc(F)c(F)c1. The average molecular weight is 201 g/mol. The van der Waals surface area contributed by atoms with Crippen molar-refractivity contribution in [2.45, 2.75) is 18.9 Å². The van der Waals surface area contributed by atoms with Crippen LogP contribution >= 0.6 is 0 Å². The Hall–Kier alpha value is -1.00. The molecule has 0 heterocycles. The van der Waals surface area contributed by atoms with Crippen molar-refractivity contribution in [1.82, 2.24) is 0 Å². The van der Waals surface area contributed by atoms with E-state index in [4.69, 9.17) is 10.8 Å². The van der Waals surface area contributed by atoms with Crippen molar-refractivity contribution >= 4 is 0 Å². The van der Waals surface area contributed by atoms with E-state index in [0.717, 1.165) is 12.1 Å². The van der Waals surface area contributed by atoms with E-state index in [1.165, 1.54) is 6.07 Å². The highest BCUT2D eigenvalue weighted by Gasteiger charge is 2.05. The second kappa shape index (κ2) is 5.02. The molecule has 4 heteroatoms. The molecule has 0 saturated carbocycles. The van der Waals surface area contributed by atoms with Crippen LogP contribution in [-0.2, 0) is 6.42 Å². The van der Waals surface area contributed by atoms with Crippen LogP contribution in [0.5, 0.6) is 0 Å². The first-order valence-electron chi connectivity index (χ1n) is 4.45. The first kappa shape index (κ1) is 11.1. The fraction of sp³-hybridized carbons (Fsp3) is 0.400. The molecule has 1 aromatic rings. The van der Waals surface area contributed by atoms with Crippen molar-refractivity contribution in [3.63, 3.8) is 0 Å². The first-order chi connectivity index (χ1) is 6.63. The van der Waals surface area contributed by atoms with Gasteiger partial charge in [-0.25, -0.2) is 8.78 Å². The Bertz CT molecular complexity index is 304. The van der Waals surface area contributed by atoms with Crippen LogP contribution in [0.4, 0.5) is 8.78 Å². The minimum absolute atomic E-state index is 0.184. The fourth-order valence-corrected chi connectivity index (χ4v) is 1.15. The summed E-state index contributed by atoms with van der Waals surface area (Å²) in [7, 11) is 0. The molecule has 0 aliphatic heterocycles. The highest BCUT2D eigenvalue weighted by molar-refractivity contribution is 5.17. The second-order valence-electron chi connectivity index (χ2n) is 3.18. The summed E-state index contributed by atoms with van der Waals surface area (Å²) >= 11 is 0. The average Bonchev–Trinajstić information content (AvgIpc) is 2.19. The van der Waals surface area contributed by atoms with Gasteiger partial charge in [0.05, 0.1) is 6.10 Å². The molecular weight excluding hydrogens is 188 g/mol. The normalized spacial score (nSPS) is 12.9. The standard InChI is InChI=1S/C10H13F2NO/c11-9-4-2-7(5-10(9)12)1-3-8(14)6-13/h2,4-5,8,14H,1,3,6,13H2. The van der Waals surface area contributed by atoms with Crippen LogP contribution in [-0.4, -0.2) is 17.8 Å². The summed E-state index contributed by atoms with van der Waals surface area (Å²) < 4.78 is 25.2. The molecule has 0 aromatic heterocycles. The van der Waals surface area contributed by atoms with Gasteiger partial charge in [-0.15, -0.1) is 0 Å². The maximum atomic E-state index is 12.7. The number of aryl methyl sites for hydroxylation is 1. The van der Waals surface area contributed by atoms with Gasteiger partial charge in [0.1, 0.15) is 0 Å². The summed E-state index contributed by atoms with van der Waals surface area (Å²) in [6, 6.07) is 3.72. The molecule has 0 fully saturated rings. The Morgan fingerprint density at radius 1 is 1.29 bits per heavy atom. The smallest absolute Gasteiger partial charge is 0.159 e. The third kappa shape index (κ3) is 3.05. The molecular formula is C10H13F2NO. The second-order valence-corrected chi connectivity index (χ2v) is 3.18. The van der Waals surface area contributed by atoms with Crippen LogP contribution in [0, 0.1) is 11.6 Å². The minimum atomic E-state index is -0.857. The molecule has 1 rings (SSSR count). The lowest BCUT2D eigenvalue weighted by molar-refractivity contribution is 0.173. The van der Waals surface area contributed by atoms with Crippen LogP contribution in [0.3, 0.4) is 0 Å². The monoisotopic (exact) mass is 201 g/mol. The van der Waals surface area contributed by atoms with Crippen molar-refractivity contribution in [2.75, 3.05) is 6.54 Å². The van der Waals surface area contributed by atoms with Gasteiger partial charge >= 0.3 is 0 Å². The lowest BCUT2D eigenvalue weighted by Crippen LogP contribution is -2.20. The van der Waals surface area contributed by atoms with Crippen LogP contribution in [0.2, 0.25) is 0 Å². The summed E-state index contributed by atoms with van der Waals surface area (Å²) in [5, 5.41) is 9.15. The van der Waals surface area contributed by atoms with E-state index in [0.29, 0.717) is 18.4 Å². The van der Waals surface area contributed by atoms with E-state index < -0.39 is 17.7 Å². The Morgan fingerprint density at radius 3 is 2.57 bits per heavy atom. The molecule has 0 spiro atoms. The molecule has 0 saturated heterocycles. The maximum Gasteiger partial charge on any atom is 0.159 e. The number of benzene rings is 1. The van der Waals surface area contributed by atoms with Gasteiger partial charge in [0.25, 0.3) is 0 Å². The molecule has 1 unspecified atom stereocenters. The van der Waals surface area contributed by atoms with E-state index in [-0.39, 0.29) is 6.54 Å². The van der Waals surface area contributed by atoms with Crippen molar-refractivity contribution in [3.05, 3.63) is 35.4 Å². The lowest BCUT2D eigenvalue weighted by atomic mass is 10.1. The van der Waals surface area contributed by atoms with E-state index >= 15 is 0 Å².